The second kappa shape index (κ2) is 9.23. The molecule has 0 saturated heterocycles. The molecule has 2 N–H and O–H groups in total. The van der Waals surface area contributed by atoms with Crippen LogP contribution in [0.1, 0.15) is 24.0 Å². The first-order valence-corrected chi connectivity index (χ1v) is 10.3. The molecule has 0 fully saturated rings. The molecule has 3 aromatic carbocycles. The van der Waals surface area contributed by atoms with Crippen molar-refractivity contribution in [2.24, 2.45) is 5.73 Å². The molecule has 0 bridgehead atoms. The van der Waals surface area contributed by atoms with Gasteiger partial charge in [-0.25, -0.2) is 9.18 Å². The number of carbonyl (C=O) groups excluding carboxylic acids is 1. The summed E-state index contributed by atoms with van der Waals surface area (Å²) in [6.07, 6.45) is -0.946. The summed E-state index contributed by atoms with van der Waals surface area (Å²) < 4.78 is 29.6. The molecule has 2 atom stereocenters. The highest BCUT2D eigenvalue weighted by Crippen LogP contribution is 2.45. The van der Waals surface area contributed by atoms with Gasteiger partial charge in [0.15, 0.2) is 6.10 Å². The number of nitrogens with two attached hydrogens (primary N) is 1. The second-order valence-corrected chi connectivity index (χ2v) is 7.69. The minimum Gasteiger partial charge on any atom is -0.479 e. The zero-order valence-corrected chi connectivity index (χ0v) is 18.2. The van der Waals surface area contributed by atoms with Gasteiger partial charge in [-0.15, -0.1) is 0 Å². The molecule has 0 saturated carbocycles. The molecule has 8 heteroatoms. The van der Waals surface area contributed by atoms with Gasteiger partial charge in [0.1, 0.15) is 34.7 Å². The molecule has 1 aliphatic heterocycles. The van der Waals surface area contributed by atoms with Crippen LogP contribution in [0, 0.1) is 17.1 Å². The van der Waals surface area contributed by atoms with Gasteiger partial charge in [-0.3, -0.25) is 0 Å². The van der Waals surface area contributed by atoms with Crippen LogP contribution < -0.4 is 19.9 Å². The first kappa shape index (κ1) is 22.2. The van der Waals surface area contributed by atoms with E-state index in [0.29, 0.717) is 27.6 Å². The molecule has 1 heterocycles. The normalized spacial score (nSPS) is 15.6. The van der Waals surface area contributed by atoms with Crippen LogP contribution in [0.15, 0.2) is 78.2 Å². The van der Waals surface area contributed by atoms with E-state index in [4.69, 9.17) is 31.5 Å². The van der Waals surface area contributed by atoms with Crippen molar-refractivity contribution in [3.8, 4) is 23.3 Å². The summed E-state index contributed by atoms with van der Waals surface area (Å²) in [4.78, 5) is 12.5. The number of halogens is 2. The third kappa shape index (κ3) is 4.61. The Morgan fingerprint density at radius 2 is 1.82 bits per heavy atom. The average molecular weight is 465 g/mol. The van der Waals surface area contributed by atoms with Gasteiger partial charge in [0.2, 0.25) is 5.88 Å². The van der Waals surface area contributed by atoms with Gasteiger partial charge in [-0.05, 0) is 48.9 Å². The molecule has 0 aliphatic carbocycles. The quantitative estimate of drug-likeness (QED) is 0.418. The number of esters is 1. The van der Waals surface area contributed by atoms with Crippen molar-refractivity contribution in [3.05, 3.63) is 100 Å². The van der Waals surface area contributed by atoms with E-state index in [1.54, 1.807) is 24.3 Å². The SMILES string of the molecule is CC(Oc1ccc(F)cc1)C(=O)Oc1ccc2c(c1)OC(N)=C(C#N)C2c1ccccc1Cl. The van der Waals surface area contributed by atoms with Crippen LogP contribution in [0.25, 0.3) is 0 Å². The highest BCUT2D eigenvalue weighted by Gasteiger charge is 2.32. The zero-order chi connectivity index (χ0) is 23.5. The van der Waals surface area contributed by atoms with Crippen molar-refractivity contribution in [1.82, 2.24) is 0 Å². The van der Waals surface area contributed by atoms with E-state index in [2.05, 4.69) is 6.07 Å². The van der Waals surface area contributed by atoms with Crippen LogP contribution in [0.5, 0.6) is 17.2 Å². The fraction of sp³-hybridized carbons (Fsp3) is 0.120. The fourth-order valence-electron chi connectivity index (χ4n) is 3.49. The summed E-state index contributed by atoms with van der Waals surface area (Å²) in [5.74, 6) is -0.759. The number of hydrogen-bond donors (Lipinski definition) is 1. The first-order chi connectivity index (χ1) is 15.9. The lowest BCUT2D eigenvalue weighted by Crippen LogP contribution is -2.28. The maximum absolute atomic E-state index is 13.0. The Hall–Kier alpha value is -4.02. The van der Waals surface area contributed by atoms with Gasteiger partial charge in [-0.2, -0.15) is 5.26 Å². The molecule has 1 aliphatic rings. The predicted molar refractivity (Wildman–Crippen MR) is 119 cm³/mol. The van der Waals surface area contributed by atoms with E-state index in [0.717, 1.165) is 0 Å². The number of carbonyl (C=O) groups is 1. The summed E-state index contributed by atoms with van der Waals surface area (Å²) in [5.41, 5.74) is 7.61. The number of fused-ring (bicyclic) bond motifs is 1. The summed E-state index contributed by atoms with van der Waals surface area (Å²) in [5, 5.41) is 10.1. The standard InChI is InChI=1S/C25H18ClFN2O4/c1-14(31-16-8-6-15(27)7-9-16)25(30)32-17-10-11-19-22(12-17)33-24(29)20(13-28)23(19)18-4-2-3-5-21(18)26/h2-12,14,23H,29H2,1H3. The maximum atomic E-state index is 13.0. The summed E-state index contributed by atoms with van der Waals surface area (Å²) in [7, 11) is 0. The zero-order valence-electron chi connectivity index (χ0n) is 17.4. The van der Waals surface area contributed by atoms with Crippen molar-refractivity contribution in [2.75, 3.05) is 0 Å². The van der Waals surface area contributed by atoms with Gasteiger partial charge < -0.3 is 19.9 Å². The van der Waals surface area contributed by atoms with Crippen LogP contribution in [-0.4, -0.2) is 12.1 Å². The highest BCUT2D eigenvalue weighted by atomic mass is 35.5. The molecule has 33 heavy (non-hydrogen) atoms. The number of nitrogens with zero attached hydrogens (tertiary/aromatic N) is 1. The van der Waals surface area contributed by atoms with Crippen LogP contribution in [0.2, 0.25) is 5.02 Å². The Morgan fingerprint density at radius 3 is 2.52 bits per heavy atom. The first-order valence-electron chi connectivity index (χ1n) is 9.97. The highest BCUT2D eigenvalue weighted by molar-refractivity contribution is 6.31. The molecule has 3 aromatic rings. The van der Waals surface area contributed by atoms with Crippen LogP contribution in [0.4, 0.5) is 4.39 Å². The lowest BCUT2D eigenvalue weighted by Gasteiger charge is -2.27. The van der Waals surface area contributed by atoms with E-state index < -0.39 is 23.8 Å². The minimum atomic E-state index is -0.946. The van der Waals surface area contributed by atoms with Gasteiger partial charge in [0.05, 0.1) is 5.92 Å². The van der Waals surface area contributed by atoms with Gasteiger partial charge in [0, 0.05) is 16.7 Å². The Labute approximate surface area is 194 Å². The monoisotopic (exact) mass is 464 g/mol. The molecule has 0 aromatic heterocycles. The van der Waals surface area contributed by atoms with E-state index >= 15 is 0 Å². The molecule has 6 nitrogen and oxygen atoms in total. The Bertz CT molecular complexity index is 1280. The summed E-state index contributed by atoms with van der Waals surface area (Å²) >= 11 is 6.39. The van der Waals surface area contributed by atoms with Gasteiger partial charge in [0.25, 0.3) is 0 Å². The Balaban J connectivity index is 1.58. The molecule has 0 amide bonds. The molecular weight excluding hydrogens is 447 g/mol. The predicted octanol–water partition coefficient (Wildman–Crippen LogP) is 5.07. The lowest BCUT2D eigenvalue weighted by atomic mass is 9.83. The Morgan fingerprint density at radius 1 is 1.12 bits per heavy atom. The van der Waals surface area contributed by atoms with Crippen molar-refractivity contribution < 1.29 is 23.4 Å². The maximum Gasteiger partial charge on any atom is 0.352 e. The third-order valence-corrected chi connectivity index (χ3v) is 5.43. The number of nitriles is 1. The van der Waals surface area contributed by atoms with Crippen LogP contribution in [-0.2, 0) is 4.79 Å². The smallest absolute Gasteiger partial charge is 0.352 e. The number of rotatable bonds is 5. The number of allylic oxidation sites excluding steroid dienone is 1. The fourth-order valence-corrected chi connectivity index (χ4v) is 3.74. The molecule has 0 spiro atoms. The van der Waals surface area contributed by atoms with E-state index in [1.165, 1.54) is 37.3 Å². The second-order valence-electron chi connectivity index (χ2n) is 7.28. The van der Waals surface area contributed by atoms with Gasteiger partial charge in [-0.1, -0.05) is 35.9 Å². The number of ether oxygens (including phenoxy) is 3. The molecule has 4 rings (SSSR count). The van der Waals surface area contributed by atoms with Crippen molar-refractivity contribution in [3.63, 3.8) is 0 Å². The average Bonchev–Trinajstić information content (AvgIpc) is 2.80. The van der Waals surface area contributed by atoms with Crippen LogP contribution >= 0.6 is 11.6 Å². The number of benzene rings is 3. The van der Waals surface area contributed by atoms with Crippen molar-refractivity contribution in [2.45, 2.75) is 18.9 Å². The molecular formula is C25H18ClFN2O4. The van der Waals surface area contributed by atoms with Crippen molar-refractivity contribution in [1.29, 1.82) is 5.26 Å². The van der Waals surface area contributed by atoms with Gasteiger partial charge >= 0.3 is 5.97 Å². The summed E-state index contributed by atoms with van der Waals surface area (Å²) in [6, 6.07) is 19.4. The Kier molecular flexibility index (Phi) is 6.20. The van der Waals surface area contributed by atoms with E-state index in [1.807, 2.05) is 12.1 Å². The topological polar surface area (TPSA) is 94.6 Å². The third-order valence-electron chi connectivity index (χ3n) is 5.08. The summed E-state index contributed by atoms with van der Waals surface area (Å²) in [6.45, 7) is 1.52. The lowest BCUT2D eigenvalue weighted by molar-refractivity contribution is -0.141. The van der Waals surface area contributed by atoms with E-state index in [9.17, 15) is 14.4 Å². The largest absolute Gasteiger partial charge is 0.479 e. The molecule has 166 valence electrons. The molecule has 0 radical (unpaired) electrons. The van der Waals surface area contributed by atoms with Crippen LogP contribution in [0.3, 0.4) is 0 Å². The molecule has 2 unspecified atom stereocenters. The minimum absolute atomic E-state index is 0.0496. The number of hydrogen-bond acceptors (Lipinski definition) is 6. The van der Waals surface area contributed by atoms with Crippen molar-refractivity contribution >= 4 is 17.6 Å². The van der Waals surface area contributed by atoms with E-state index in [-0.39, 0.29) is 17.2 Å².